The first-order chi connectivity index (χ1) is 14.9. The number of carbonyl (C=O) groups is 2. The van der Waals surface area contributed by atoms with E-state index in [-0.39, 0.29) is 28.6 Å². The summed E-state index contributed by atoms with van der Waals surface area (Å²) >= 11 is 13.4. The lowest BCUT2D eigenvalue weighted by atomic mass is 9.95. The highest BCUT2D eigenvalue weighted by atomic mass is 35.5. The molecule has 1 fully saturated rings. The van der Waals surface area contributed by atoms with Gasteiger partial charge in [0, 0.05) is 17.6 Å². The van der Waals surface area contributed by atoms with E-state index in [9.17, 15) is 9.59 Å². The maximum atomic E-state index is 12.6. The van der Waals surface area contributed by atoms with Crippen LogP contribution in [-0.4, -0.2) is 38.4 Å². The smallest absolute Gasteiger partial charge is 0.253 e. The molecule has 3 rings (SSSR count). The Labute approximate surface area is 196 Å². The Hall–Kier alpha value is -1.77. The Kier molecular flexibility index (Phi) is 8.63. The molecular weight excluding hydrogens is 457 g/mol. The number of thioether (sulfide) groups is 1. The molecule has 168 valence electrons. The van der Waals surface area contributed by atoms with Crippen molar-refractivity contribution in [3.05, 3.63) is 39.6 Å². The first kappa shape index (κ1) is 23.9. The van der Waals surface area contributed by atoms with E-state index in [2.05, 4.69) is 20.8 Å². The van der Waals surface area contributed by atoms with Crippen molar-refractivity contribution >= 4 is 46.8 Å². The molecule has 1 aliphatic carbocycles. The minimum atomic E-state index is -0.392. The molecule has 7 nitrogen and oxygen atoms in total. The van der Waals surface area contributed by atoms with Crippen molar-refractivity contribution in [2.45, 2.75) is 69.7 Å². The molecule has 1 aliphatic rings. The maximum Gasteiger partial charge on any atom is 0.253 e. The molecule has 1 heterocycles. The summed E-state index contributed by atoms with van der Waals surface area (Å²) in [6.45, 7) is 4.43. The summed E-state index contributed by atoms with van der Waals surface area (Å²) in [5, 5.41) is 15.9. The van der Waals surface area contributed by atoms with Crippen molar-refractivity contribution in [1.82, 2.24) is 25.4 Å². The Bertz CT molecular complexity index is 930. The maximum absolute atomic E-state index is 12.6. The molecule has 0 bridgehead atoms. The first-order valence-corrected chi connectivity index (χ1v) is 12.2. The van der Waals surface area contributed by atoms with Crippen molar-refractivity contribution in [1.29, 1.82) is 0 Å². The van der Waals surface area contributed by atoms with E-state index in [1.54, 1.807) is 12.1 Å². The van der Waals surface area contributed by atoms with Crippen LogP contribution in [0.2, 0.25) is 10.0 Å². The third-order valence-electron chi connectivity index (χ3n) is 5.27. The Morgan fingerprint density at radius 3 is 2.65 bits per heavy atom. The Morgan fingerprint density at radius 2 is 1.97 bits per heavy atom. The molecule has 0 spiro atoms. The van der Waals surface area contributed by atoms with E-state index in [1.165, 1.54) is 37.1 Å². The van der Waals surface area contributed by atoms with Crippen molar-refractivity contribution in [2.75, 3.05) is 5.75 Å². The molecule has 2 aromatic rings. The van der Waals surface area contributed by atoms with Gasteiger partial charge in [0.05, 0.1) is 22.4 Å². The lowest BCUT2D eigenvalue weighted by Gasteiger charge is -2.22. The van der Waals surface area contributed by atoms with E-state index in [0.717, 1.165) is 12.8 Å². The van der Waals surface area contributed by atoms with Crippen LogP contribution < -0.4 is 10.6 Å². The van der Waals surface area contributed by atoms with Gasteiger partial charge in [0.2, 0.25) is 5.91 Å². The highest BCUT2D eigenvalue weighted by Crippen LogP contribution is 2.24. The van der Waals surface area contributed by atoms with Gasteiger partial charge in [-0.05, 0) is 44.9 Å². The molecule has 0 unspecified atom stereocenters. The molecule has 1 saturated carbocycles. The van der Waals surface area contributed by atoms with Crippen LogP contribution >= 0.6 is 35.0 Å². The number of hydrogen-bond acceptors (Lipinski definition) is 5. The van der Waals surface area contributed by atoms with E-state index < -0.39 is 6.04 Å². The number of carbonyl (C=O) groups excluding carboxylic acids is 2. The highest BCUT2D eigenvalue weighted by Gasteiger charge is 2.22. The number of hydrogen-bond donors (Lipinski definition) is 2. The van der Waals surface area contributed by atoms with Gasteiger partial charge in [-0.1, -0.05) is 54.2 Å². The summed E-state index contributed by atoms with van der Waals surface area (Å²) in [5.74, 6) is 0.607. The quantitative estimate of drug-likeness (QED) is 0.533. The number of rotatable bonds is 8. The van der Waals surface area contributed by atoms with Crippen molar-refractivity contribution in [2.24, 2.45) is 0 Å². The van der Waals surface area contributed by atoms with E-state index >= 15 is 0 Å². The zero-order chi connectivity index (χ0) is 22.4. The highest BCUT2D eigenvalue weighted by molar-refractivity contribution is 7.99. The molecule has 2 N–H and O–H groups in total. The third-order valence-corrected chi connectivity index (χ3v) is 6.79. The largest absolute Gasteiger partial charge is 0.353 e. The SMILES string of the molecule is CCn1c(SCC(=O)NC2CCCCC2)nnc1[C@H](C)NC(=O)c1ccc(Cl)cc1Cl. The molecule has 1 atom stereocenters. The fraction of sp³-hybridized carbons (Fsp3) is 0.524. The van der Waals surface area contributed by atoms with Crippen LogP contribution in [0, 0.1) is 0 Å². The lowest BCUT2D eigenvalue weighted by molar-refractivity contribution is -0.119. The van der Waals surface area contributed by atoms with E-state index in [4.69, 9.17) is 23.2 Å². The van der Waals surface area contributed by atoms with Crippen LogP contribution in [0.5, 0.6) is 0 Å². The third kappa shape index (κ3) is 6.37. The topological polar surface area (TPSA) is 88.9 Å². The summed E-state index contributed by atoms with van der Waals surface area (Å²) in [5.41, 5.74) is 0.342. The second-order valence-electron chi connectivity index (χ2n) is 7.60. The van der Waals surface area contributed by atoms with E-state index in [0.29, 0.717) is 28.1 Å². The predicted octanol–water partition coefficient (Wildman–Crippen LogP) is 4.64. The summed E-state index contributed by atoms with van der Waals surface area (Å²) in [4.78, 5) is 24.9. The summed E-state index contributed by atoms with van der Waals surface area (Å²) < 4.78 is 1.91. The minimum absolute atomic E-state index is 0.0165. The molecule has 0 saturated heterocycles. The number of nitrogens with zero attached hydrogens (tertiary/aromatic N) is 3. The fourth-order valence-corrected chi connectivity index (χ4v) is 5.00. The molecule has 1 aromatic heterocycles. The average Bonchev–Trinajstić information content (AvgIpc) is 3.16. The van der Waals surface area contributed by atoms with Crippen molar-refractivity contribution in [3.63, 3.8) is 0 Å². The van der Waals surface area contributed by atoms with Crippen molar-refractivity contribution < 1.29 is 9.59 Å². The minimum Gasteiger partial charge on any atom is -0.353 e. The number of benzene rings is 1. The van der Waals surface area contributed by atoms with Crippen LogP contribution in [0.3, 0.4) is 0 Å². The molecule has 1 aromatic carbocycles. The summed E-state index contributed by atoms with van der Waals surface area (Å²) in [6.07, 6.45) is 5.72. The van der Waals surface area contributed by atoms with Crippen molar-refractivity contribution in [3.8, 4) is 0 Å². The second kappa shape index (κ2) is 11.2. The van der Waals surface area contributed by atoms with Crippen LogP contribution in [0.25, 0.3) is 0 Å². The van der Waals surface area contributed by atoms with Gasteiger partial charge in [0.15, 0.2) is 11.0 Å². The first-order valence-electron chi connectivity index (χ1n) is 10.5. The van der Waals surface area contributed by atoms with Gasteiger partial charge in [-0.25, -0.2) is 0 Å². The monoisotopic (exact) mass is 483 g/mol. The normalized spacial score (nSPS) is 15.5. The van der Waals surface area contributed by atoms with Gasteiger partial charge < -0.3 is 15.2 Å². The molecule has 2 amide bonds. The number of amides is 2. The van der Waals surface area contributed by atoms with Gasteiger partial charge in [0.1, 0.15) is 0 Å². The Balaban J connectivity index is 1.60. The molecule has 0 radical (unpaired) electrons. The van der Waals surface area contributed by atoms with Crippen LogP contribution in [0.15, 0.2) is 23.4 Å². The number of aromatic nitrogens is 3. The fourth-order valence-electron chi connectivity index (χ4n) is 3.68. The molecule has 10 heteroatoms. The van der Waals surface area contributed by atoms with Gasteiger partial charge in [-0.3, -0.25) is 9.59 Å². The van der Waals surface area contributed by atoms with Crippen LogP contribution in [0.1, 0.15) is 68.2 Å². The van der Waals surface area contributed by atoms with Gasteiger partial charge in [-0.2, -0.15) is 0 Å². The zero-order valence-electron chi connectivity index (χ0n) is 17.7. The zero-order valence-corrected chi connectivity index (χ0v) is 20.0. The predicted molar refractivity (Wildman–Crippen MR) is 124 cm³/mol. The average molecular weight is 484 g/mol. The van der Waals surface area contributed by atoms with Gasteiger partial charge >= 0.3 is 0 Å². The van der Waals surface area contributed by atoms with E-state index in [1.807, 2.05) is 18.4 Å². The summed E-state index contributed by atoms with van der Waals surface area (Å²) in [6, 6.07) is 4.64. The number of halogens is 2. The Morgan fingerprint density at radius 1 is 1.23 bits per heavy atom. The van der Waals surface area contributed by atoms with Gasteiger partial charge in [-0.15, -0.1) is 10.2 Å². The molecule has 31 heavy (non-hydrogen) atoms. The lowest BCUT2D eigenvalue weighted by Crippen LogP contribution is -2.37. The van der Waals surface area contributed by atoms with Crippen LogP contribution in [-0.2, 0) is 11.3 Å². The van der Waals surface area contributed by atoms with Crippen LogP contribution in [0.4, 0.5) is 0 Å². The summed E-state index contributed by atoms with van der Waals surface area (Å²) in [7, 11) is 0. The second-order valence-corrected chi connectivity index (χ2v) is 9.38. The van der Waals surface area contributed by atoms with Gasteiger partial charge in [0.25, 0.3) is 5.91 Å². The molecular formula is C21H27Cl2N5O2S. The standard InChI is InChI=1S/C21H27Cl2N5O2S/c1-3-28-19(13(2)24-20(30)16-10-9-14(22)11-17(16)23)26-27-21(28)31-12-18(29)25-15-7-5-4-6-8-15/h9-11,13,15H,3-8,12H2,1-2H3,(H,24,30)(H,25,29)/t13-/m0/s1. The number of nitrogens with one attached hydrogen (secondary N) is 2. The molecule has 0 aliphatic heterocycles.